The molecular formula is C26H18Cl2N2O4. The van der Waals surface area contributed by atoms with Crippen molar-refractivity contribution in [1.29, 1.82) is 5.26 Å². The molecule has 0 bridgehead atoms. The Bertz CT molecular complexity index is 1320. The summed E-state index contributed by atoms with van der Waals surface area (Å²) in [6.07, 6.45) is 1.63. The van der Waals surface area contributed by atoms with E-state index in [0.717, 1.165) is 0 Å². The molecule has 0 radical (unpaired) electrons. The molecule has 0 amide bonds. The Hall–Kier alpha value is -3.92. The molecule has 0 saturated carbocycles. The van der Waals surface area contributed by atoms with Crippen LogP contribution in [0.4, 0.5) is 0 Å². The normalized spacial score (nSPS) is 14.4. The molecule has 6 nitrogen and oxygen atoms in total. The van der Waals surface area contributed by atoms with Crippen molar-refractivity contribution in [3.63, 3.8) is 0 Å². The summed E-state index contributed by atoms with van der Waals surface area (Å²) < 4.78 is 16.6. The number of esters is 1. The minimum atomic E-state index is -0.636. The standard InChI is InChI=1S/C26H18Cl2N2O4/c1-2-12-32-16-8-6-15(7-9-16)26(31)33-17-10-11-18-22(13-17)34-25(30)19(14-29)23(18)24-20(27)4-3-5-21(24)28/h2-11,13,23H,1,12,30H2. The summed E-state index contributed by atoms with van der Waals surface area (Å²) in [5.74, 6) is -0.0854. The lowest BCUT2D eigenvalue weighted by Crippen LogP contribution is -2.21. The summed E-state index contributed by atoms with van der Waals surface area (Å²) in [4.78, 5) is 12.6. The van der Waals surface area contributed by atoms with Gasteiger partial charge in [-0.3, -0.25) is 0 Å². The fraction of sp³-hybridized carbons (Fsp3) is 0.0769. The summed E-state index contributed by atoms with van der Waals surface area (Å²) in [6.45, 7) is 3.96. The highest BCUT2D eigenvalue weighted by Gasteiger charge is 2.33. The number of nitriles is 1. The lowest BCUT2D eigenvalue weighted by molar-refractivity contribution is 0.0734. The molecule has 3 aromatic rings. The molecule has 2 N–H and O–H groups in total. The molecule has 0 spiro atoms. The predicted octanol–water partition coefficient (Wildman–Crippen LogP) is 6.00. The molecule has 0 fully saturated rings. The molecule has 1 aliphatic heterocycles. The Morgan fingerprint density at radius 1 is 1.12 bits per heavy atom. The SMILES string of the molecule is C=CCOc1ccc(C(=O)Oc2ccc3c(c2)OC(N)=C(C#N)C3c2c(Cl)cccc2Cl)cc1. The number of halogens is 2. The molecule has 1 unspecified atom stereocenters. The second-order valence-corrected chi connectivity index (χ2v) is 8.09. The lowest BCUT2D eigenvalue weighted by Gasteiger charge is -2.27. The summed E-state index contributed by atoms with van der Waals surface area (Å²) >= 11 is 12.9. The number of carbonyl (C=O) groups excluding carboxylic acids is 1. The van der Waals surface area contributed by atoms with Gasteiger partial charge in [0.25, 0.3) is 0 Å². The van der Waals surface area contributed by atoms with E-state index in [4.69, 9.17) is 43.1 Å². The van der Waals surface area contributed by atoms with Gasteiger partial charge in [0.2, 0.25) is 5.88 Å². The van der Waals surface area contributed by atoms with E-state index in [1.165, 1.54) is 6.07 Å². The van der Waals surface area contributed by atoms with Crippen LogP contribution in [0, 0.1) is 11.3 Å². The van der Waals surface area contributed by atoms with Gasteiger partial charge in [-0.2, -0.15) is 5.26 Å². The molecule has 4 rings (SSSR count). The highest BCUT2D eigenvalue weighted by molar-refractivity contribution is 6.36. The Morgan fingerprint density at radius 3 is 2.44 bits per heavy atom. The van der Waals surface area contributed by atoms with Gasteiger partial charge < -0.3 is 19.9 Å². The zero-order valence-electron chi connectivity index (χ0n) is 17.8. The van der Waals surface area contributed by atoms with Crippen LogP contribution in [-0.2, 0) is 0 Å². The number of ether oxygens (including phenoxy) is 3. The van der Waals surface area contributed by atoms with Crippen molar-refractivity contribution < 1.29 is 19.0 Å². The maximum Gasteiger partial charge on any atom is 0.343 e. The van der Waals surface area contributed by atoms with E-state index in [-0.39, 0.29) is 17.2 Å². The second-order valence-electron chi connectivity index (χ2n) is 7.27. The Balaban J connectivity index is 1.64. The molecule has 0 aromatic heterocycles. The molecule has 1 atom stereocenters. The first kappa shape index (κ1) is 23.2. The van der Waals surface area contributed by atoms with Crippen LogP contribution in [0.1, 0.15) is 27.4 Å². The van der Waals surface area contributed by atoms with Crippen LogP contribution in [0.15, 0.2) is 84.8 Å². The van der Waals surface area contributed by atoms with Crippen molar-refractivity contribution in [3.8, 4) is 23.3 Å². The van der Waals surface area contributed by atoms with Crippen LogP contribution in [-0.4, -0.2) is 12.6 Å². The van der Waals surface area contributed by atoms with Crippen molar-refractivity contribution in [3.05, 3.63) is 112 Å². The van der Waals surface area contributed by atoms with Crippen LogP contribution >= 0.6 is 23.2 Å². The maximum absolute atomic E-state index is 12.6. The van der Waals surface area contributed by atoms with E-state index in [2.05, 4.69) is 12.6 Å². The first-order valence-electron chi connectivity index (χ1n) is 10.1. The topological polar surface area (TPSA) is 94.6 Å². The molecule has 3 aromatic carbocycles. The van der Waals surface area contributed by atoms with Gasteiger partial charge in [0.1, 0.15) is 35.5 Å². The zero-order chi connectivity index (χ0) is 24.2. The number of hydrogen-bond acceptors (Lipinski definition) is 6. The third kappa shape index (κ3) is 4.58. The number of benzene rings is 3. The quantitative estimate of drug-likeness (QED) is 0.257. The Labute approximate surface area is 206 Å². The van der Waals surface area contributed by atoms with Gasteiger partial charge in [-0.15, -0.1) is 0 Å². The summed E-state index contributed by atoms with van der Waals surface area (Å²) in [5, 5.41) is 10.5. The van der Waals surface area contributed by atoms with Crippen LogP contribution in [0.3, 0.4) is 0 Å². The summed E-state index contributed by atoms with van der Waals surface area (Å²) in [7, 11) is 0. The van der Waals surface area contributed by atoms with E-state index in [1.807, 2.05) is 0 Å². The third-order valence-corrected chi connectivity index (χ3v) is 5.81. The minimum Gasteiger partial charge on any atom is -0.490 e. The molecule has 1 aliphatic rings. The Kier molecular flexibility index (Phi) is 6.78. The van der Waals surface area contributed by atoms with E-state index in [9.17, 15) is 10.1 Å². The van der Waals surface area contributed by atoms with E-state index >= 15 is 0 Å². The number of allylic oxidation sites excluding steroid dienone is 1. The smallest absolute Gasteiger partial charge is 0.343 e. The zero-order valence-corrected chi connectivity index (χ0v) is 19.3. The molecule has 0 aliphatic carbocycles. The minimum absolute atomic E-state index is 0.0745. The highest BCUT2D eigenvalue weighted by atomic mass is 35.5. The number of hydrogen-bond donors (Lipinski definition) is 1. The van der Waals surface area contributed by atoms with Crippen molar-refractivity contribution in [2.45, 2.75) is 5.92 Å². The fourth-order valence-corrected chi connectivity index (χ4v) is 4.21. The third-order valence-electron chi connectivity index (χ3n) is 5.15. The fourth-order valence-electron chi connectivity index (χ4n) is 3.59. The highest BCUT2D eigenvalue weighted by Crippen LogP contribution is 2.47. The van der Waals surface area contributed by atoms with E-state index in [1.54, 1.807) is 60.7 Å². The average molecular weight is 493 g/mol. The van der Waals surface area contributed by atoms with Crippen LogP contribution in [0.25, 0.3) is 0 Å². The largest absolute Gasteiger partial charge is 0.490 e. The summed E-state index contributed by atoms with van der Waals surface area (Å²) in [5.41, 5.74) is 7.73. The number of nitrogens with zero attached hydrogens (tertiary/aromatic N) is 1. The van der Waals surface area contributed by atoms with Crippen molar-refractivity contribution in [2.24, 2.45) is 5.73 Å². The molecule has 8 heteroatoms. The number of fused-ring (bicyclic) bond motifs is 1. The number of nitrogens with two attached hydrogens (primary N) is 1. The number of rotatable bonds is 6. The van der Waals surface area contributed by atoms with Gasteiger partial charge in [0.05, 0.1) is 11.5 Å². The predicted molar refractivity (Wildman–Crippen MR) is 129 cm³/mol. The average Bonchev–Trinajstić information content (AvgIpc) is 2.82. The Morgan fingerprint density at radius 2 is 1.79 bits per heavy atom. The molecule has 1 heterocycles. The van der Waals surface area contributed by atoms with Gasteiger partial charge in [0.15, 0.2) is 0 Å². The summed E-state index contributed by atoms with van der Waals surface area (Å²) in [6, 6.07) is 18.6. The van der Waals surface area contributed by atoms with Crippen molar-refractivity contribution >= 4 is 29.2 Å². The van der Waals surface area contributed by atoms with Crippen molar-refractivity contribution in [2.75, 3.05) is 6.61 Å². The maximum atomic E-state index is 12.6. The molecule has 0 saturated heterocycles. The van der Waals surface area contributed by atoms with Gasteiger partial charge >= 0.3 is 5.97 Å². The molecular weight excluding hydrogens is 475 g/mol. The second kappa shape index (κ2) is 9.92. The van der Waals surface area contributed by atoms with Crippen LogP contribution in [0.5, 0.6) is 17.2 Å². The molecule has 34 heavy (non-hydrogen) atoms. The van der Waals surface area contributed by atoms with Crippen LogP contribution < -0.4 is 19.9 Å². The van der Waals surface area contributed by atoms with E-state index in [0.29, 0.717) is 44.8 Å². The van der Waals surface area contributed by atoms with Crippen LogP contribution in [0.2, 0.25) is 10.0 Å². The van der Waals surface area contributed by atoms with Gasteiger partial charge in [-0.25, -0.2) is 4.79 Å². The number of carbonyl (C=O) groups is 1. The lowest BCUT2D eigenvalue weighted by atomic mass is 9.83. The van der Waals surface area contributed by atoms with Gasteiger partial charge in [-0.05, 0) is 42.5 Å². The first-order chi connectivity index (χ1) is 16.4. The first-order valence-corrected chi connectivity index (χ1v) is 10.9. The van der Waals surface area contributed by atoms with Gasteiger partial charge in [0, 0.05) is 27.2 Å². The van der Waals surface area contributed by atoms with Crippen molar-refractivity contribution in [1.82, 2.24) is 0 Å². The monoisotopic (exact) mass is 492 g/mol. The van der Waals surface area contributed by atoms with Gasteiger partial charge in [-0.1, -0.05) is 48.0 Å². The molecule has 170 valence electrons. The van der Waals surface area contributed by atoms with E-state index < -0.39 is 11.9 Å².